The predicted octanol–water partition coefficient (Wildman–Crippen LogP) is 3.03. The number of anilines is 1. The molecule has 0 aliphatic heterocycles. The van der Waals surface area contributed by atoms with E-state index in [0.29, 0.717) is 18.5 Å². The summed E-state index contributed by atoms with van der Waals surface area (Å²) in [4.78, 5) is 0. The number of furan rings is 1. The molecular formula is C14H22N4O2. The molecule has 6 heteroatoms. The van der Waals surface area contributed by atoms with Crippen LogP contribution in [0.4, 0.5) is 6.01 Å². The van der Waals surface area contributed by atoms with Gasteiger partial charge in [-0.05, 0) is 46.8 Å². The average Bonchev–Trinajstić information content (AvgIpc) is 2.95. The summed E-state index contributed by atoms with van der Waals surface area (Å²) in [6.45, 7) is 10.7. The molecule has 110 valence electrons. The number of hydrogen-bond acceptors (Lipinski definition) is 6. The molecule has 20 heavy (non-hydrogen) atoms. The van der Waals surface area contributed by atoms with Crippen molar-refractivity contribution in [3.63, 3.8) is 0 Å². The monoisotopic (exact) mass is 278 g/mol. The molecule has 0 saturated carbocycles. The Morgan fingerprint density at radius 3 is 2.55 bits per heavy atom. The summed E-state index contributed by atoms with van der Waals surface area (Å²) in [5.41, 5.74) is 0.0149. The summed E-state index contributed by atoms with van der Waals surface area (Å²) in [5, 5.41) is 14.4. The lowest BCUT2D eigenvalue weighted by Crippen LogP contribution is -2.35. The minimum atomic E-state index is -0.0208. The van der Waals surface area contributed by atoms with Crippen molar-refractivity contribution in [1.82, 2.24) is 15.5 Å². The second-order valence-corrected chi connectivity index (χ2v) is 5.92. The van der Waals surface area contributed by atoms with Crippen LogP contribution < -0.4 is 10.6 Å². The van der Waals surface area contributed by atoms with Crippen molar-refractivity contribution in [2.75, 3.05) is 5.32 Å². The molecule has 2 rings (SSSR count). The van der Waals surface area contributed by atoms with Crippen LogP contribution in [0.5, 0.6) is 0 Å². The van der Waals surface area contributed by atoms with Gasteiger partial charge in [-0.3, -0.25) is 0 Å². The van der Waals surface area contributed by atoms with Crippen molar-refractivity contribution >= 4 is 6.01 Å². The first kappa shape index (κ1) is 14.6. The van der Waals surface area contributed by atoms with E-state index in [0.717, 1.165) is 11.5 Å². The van der Waals surface area contributed by atoms with E-state index in [1.165, 1.54) is 0 Å². The summed E-state index contributed by atoms with van der Waals surface area (Å²) in [6.07, 6.45) is 0. The highest BCUT2D eigenvalue weighted by atomic mass is 16.4. The Morgan fingerprint density at radius 1 is 1.20 bits per heavy atom. The topological polar surface area (TPSA) is 76.1 Å². The van der Waals surface area contributed by atoms with Crippen LogP contribution in [0.3, 0.4) is 0 Å². The van der Waals surface area contributed by atoms with Crippen LogP contribution in [0.15, 0.2) is 21.0 Å². The van der Waals surface area contributed by atoms with Crippen molar-refractivity contribution in [3.05, 3.63) is 29.5 Å². The third-order valence-electron chi connectivity index (χ3n) is 2.76. The molecule has 0 saturated heterocycles. The Hall–Kier alpha value is -1.82. The van der Waals surface area contributed by atoms with E-state index in [9.17, 15) is 0 Å². The number of aryl methyl sites for hydroxylation is 1. The van der Waals surface area contributed by atoms with Gasteiger partial charge in [0.1, 0.15) is 11.5 Å². The van der Waals surface area contributed by atoms with Crippen molar-refractivity contribution in [2.24, 2.45) is 0 Å². The lowest BCUT2D eigenvalue weighted by atomic mass is 10.1. The fraction of sp³-hybridized carbons (Fsp3) is 0.571. The molecular weight excluding hydrogens is 256 g/mol. The largest absolute Gasteiger partial charge is 0.464 e. The molecule has 0 aliphatic rings. The first-order valence-corrected chi connectivity index (χ1v) is 6.74. The van der Waals surface area contributed by atoms with E-state index >= 15 is 0 Å². The highest BCUT2D eigenvalue weighted by Gasteiger charge is 2.15. The Balaban J connectivity index is 1.92. The van der Waals surface area contributed by atoms with Gasteiger partial charge < -0.3 is 19.5 Å². The molecule has 6 nitrogen and oxygen atoms in total. The van der Waals surface area contributed by atoms with Gasteiger partial charge in [0.15, 0.2) is 0 Å². The van der Waals surface area contributed by atoms with Gasteiger partial charge >= 0.3 is 6.01 Å². The molecule has 2 heterocycles. The SMILES string of the molecule is Cc1ccc(C(C)Nc2nnc(CNC(C)(C)C)o2)o1. The summed E-state index contributed by atoms with van der Waals surface area (Å²) in [6, 6.07) is 4.25. The van der Waals surface area contributed by atoms with Gasteiger partial charge in [0, 0.05) is 5.54 Å². The molecule has 0 fully saturated rings. The number of hydrogen-bond donors (Lipinski definition) is 2. The van der Waals surface area contributed by atoms with E-state index < -0.39 is 0 Å². The fourth-order valence-corrected chi connectivity index (χ4v) is 1.67. The first-order chi connectivity index (χ1) is 9.33. The molecule has 2 aromatic heterocycles. The molecule has 0 amide bonds. The lowest BCUT2D eigenvalue weighted by Gasteiger charge is -2.18. The summed E-state index contributed by atoms with van der Waals surface area (Å²) in [5.74, 6) is 2.29. The molecule has 2 aromatic rings. The van der Waals surface area contributed by atoms with Crippen LogP contribution >= 0.6 is 0 Å². The maximum atomic E-state index is 5.55. The minimum absolute atomic E-state index is 0.0149. The zero-order chi connectivity index (χ0) is 14.8. The van der Waals surface area contributed by atoms with Gasteiger partial charge in [-0.25, -0.2) is 0 Å². The standard InChI is InChI=1S/C14H22N4O2/c1-9-6-7-11(19-9)10(2)16-13-18-17-12(20-13)8-15-14(3,4)5/h6-7,10,15H,8H2,1-5H3,(H,16,18). The molecule has 0 spiro atoms. The quantitative estimate of drug-likeness (QED) is 0.875. The maximum absolute atomic E-state index is 5.55. The summed E-state index contributed by atoms with van der Waals surface area (Å²) in [7, 11) is 0. The van der Waals surface area contributed by atoms with E-state index in [2.05, 4.69) is 41.6 Å². The van der Waals surface area contributed by atoms with Gasteiger partial charge in [-0.15, -0.1) is 5.10 Å². The van der Waals surface area contributed by atoms with Crippen LogP contribution in [0.1, 0.15) is 51.1 Å². The third-order valence-corrected chi connectivity index (χ3v) is 2.76. The van der Waals surface area contributed by atoms with E-state index in [4.69, 9.17) is 8.83 Å². The second-order valence-electron chi connectivity index (χ2n) is 5.92. The van der Waals surface area contributed by atoms with Crippen LogP contribution in [0.2, 0.25) is 0 Å². The molecule has 0 radical (unpaired) electrons. The van der Waals surface area contributed by atoms with E-state index in [1.54, 1.807) is 0 Å². The minimum Gasteiger partial charge on any atom is -0.464 e. The van der Waals surface area contributed by atoms with Crippen LogP contribution in [-0.4, -0.2) is 15.7 Å². The van der Waals surface area contributed by atoms with Gasteiger partial charge in [0.05, 0.1) is 12.6 Å². The number of nitrogens with one attached hydrogen (secondary N) is 2. The molecule has 1 atom stereocenters. The van der Waals surface area contributed by atoms with Crippen LogP contribution in [-0.2, 0) is 6.54 Å². The van der Waals surface area contributed by atoms with Crippen molar-refractivity contribution in [2.45, 2.75) is 52.7 Å². The second kappa shape index (κ2) is 5.66. The third kappa shape index (κ3) is 4.09. The maximum Gasteiger partial charge on any atom is 0.316 e. The first-order valence-electron chi connectivity index (χ1n) is 6.74. The van der Waals surface area contributed by atoms with Crippen molar-refractivity contribution in [3.8, 4) is 0 Å². The Kier molecular flexibility index (Phi) is 4.13. The fourth-order valence-electron chi connectivity index (χ4n) is 1.67. The van der Waals surface area contributed by atoms with E-state index in [1.807, 2.05) is 26.0 Å². The van der Waals surface area contributed by atoms with Gasteiger partial charge in [0.2, 0.25) is 5.89 Å². The molecule has 0 bridgehead atoms. The Morgan fingerprint density at radius 2 is 1.95 bits per heavy atom. The average molecular weight is 278 g/mol. The lowest BCUT2D eigenvalue weighted by molar-refractivity contribution is 0.382. The van der Waals surface area contributed by atoms with Gasteiger partial charge in [-0.1, -0.05) is 5.10 Å². The normalized spacial score (nSPS) is 13.4. The number of nitrogens with zero attached hydrogens (tertiary/aromatic N) is 2. The van der Waals surface area contributed by atoms with Gasteiger partial charge in [0.25, 0.3) is 0 Å². The number of aromatic nitrogens is 2. The predicted molar refractivity (Wildman–Crippen MR) is 76.4 cm³/mol. The Bertz CT molecular complexity index is 554. The van der Waals surface area contributed by atoms with Gasteiger partial charge in [-0.2, -0.15) is 0 Å². The summed E-state index contributed by atoms with van der Waals surface area (Å²) >= 11 is 0. The molecule has 0 aromatic carbocycles. The molecule has 0 aliphatic carbocycles. The zero-order valence-corrected chi connectivity index (χ0v) is 12.7. The van der Waals surface area contributed by atoms with Crippen molar-refractivity contribution in [1.29, 1.82) is 0 Å². The van der Waals surface area contributed by atoms with Crippen LogP contribution in [0, 0.1) is 6.92 Å². The van der Waals surface area contributed by atoms with Crippen molar-refractivity contribution < 1.29 is 8.83 Å². The zero-order valence-electron chi connectivity index (χ0n) is 12.7. The summed E-state index contributed by atoms with van der Waals surface area (Å²) < 4.78 is 11.1. The van der Waals surface area contributed by atoms with E-state index in [-0.39, 0.29) is 11.6 Å². The smallest absolute Gasteiger partial charge is 0.316 e. The highest BCUT2D eigenvalue weighted by Crippen LogP contribution is 2.20. The molecule has 1 unspecified atom stereocenters. The highest BCUT2D eigenvalue weighted by molar-refractivity contribution is 5.24. The molecule has 2 N–H and O–H groups in total. The number of rotatable bonds is 5. The van der Waals surface area contributed by atoms with Crippen LogP contribution in [0.25, 0.3) is 0 Å². The Labute approximate surface area is 119 Å².